The average Bonchev–Trinajstić information content (AvgIpc) is 2.56. The molecule has 1 aliphatic carbocycles. The van der Waals surface area contributed by atoms with Crippen LogP contribution in [0.5, 0.6) is 0 Å². The number of aliphatic hydroxyl groups excluding tert-OH is 1. The molecule has 2 N–H and O–H groups in total. The van der Waals surface area contributed by atoms with E-state index in [4.69, 9.17) is 11.6 Å². The second-order valence-corrected chi connectivity index (χ2v) is 6.20. The Bertz CT molecular complexity index is 329. The average molecular weight is 260 g/mol. The Morgan fingerprint density at radius 3 is 2.88 bits per heavy atom. The van der Waals surface area contributed by atoms with Crippen molar-refractivity contribution >= 4 is 22.9 Å². The van der Waals surface area contributed by atoms with Gasteiger partial charge in [-0.15, -0.1) is 11.3 Å². The van der Waals surface area contributed by atoms with Crippen LogP contribution in [0.1, 0.15) is 37.0 Å². The van der Waals surface area contributed by atoms with Crippen LogP contribution >= 0.6 is 22.9 Å². The smallest absolute Gasteiger partial charge is 0.0931 e. The molecular formula is C12H18ClNOS. The van der Waals surface area contributed by atoms with E-state index < -0.39 is 0 Å². The fraction of sp³-hybridized carbons (Fsp3) is 0.667. The Morgan fingerprint density at radius 1 is 1.31 bits per heavy atom. The van der Waals surface area contributed by atoms with Gasteiger partial charge in [0, 0.05) is 17.5 Å². The third-order valence-corrected chi connectivity index (χ3v) is 4.38. The van der Waals surface area contributed by atoms with Crippen LogP contribution in [0, 0.1) is 0 Å². The van der Waals surface area contributed by atoms with Gasteiger partial charge < -0.3 is 10.4 Å². The number of nitrogens with one attached hydrogen (secondary N) is 1. The Balaban J connectivity index is 1.83. The fourth-order valence-corrected chi connectivity index (χ4v) is 3.24. The summed E-state index contributed by atoms with van der Waals surface area (Å²) in [6.07, 6.45) is 5.46. The van der Waals surface area contributed by atoms with E-state index >= 15 is 0 Å². The van der Waals surface area contributed by atoms with Crippen molar-refractivity contribution in [3.05, 3.63) is 21.3 Å². The third kappa shape index (κ3) is 3.45. The molecule has 1 aliphatic rings. The molecule has 0 saturated heterocycles. The van der Waals surface area contributed by atoms with Gasteiger partial charge in [0.15, 0.2) is 0 Å². The van der Waals surface area contributed by atoms with E-state index in [0.29, 0.717) is 0 Å². The minimum absolute atomic E-state index is 0.182. The van der Waals surface area contributed by atoms with Crippen molar-refractivity contribution in [1.82, 2.24) is 5.32 Å². The molecule has 1 heterocycles. The lowest BCUT2D eigenvalue weighted by Gasteiger charge is -2.21. The van der Waals surface area contributed by atoms with Gasteiger partial charge in [-0.1, -0.05) is 30.9 Å². The Labute approximate surface area is 106 Å². The lowest BCUT2D eigenvalue weighted by Crippen LogP contribution is -2.38. The topological polar surface area (TPSA) is 32.3 Å². The standard InChI is InChI=1S/C12H18ClNOS/c13-12-7-6-9(16-12)8-14-10-4-2-1-3-5-11(10)15/h6-7,10-11,14-15H,1-5,8H2. The van der Waals surface area contributed by atoms with Crippen LogP contribution in [0.2, 0.25) is 4.34 Å². The highest BCUT2D eigenvalue weighted by molar-refractivity contribution is 7.16. The molecule has 16 heavy (non-hydrogen) atoms. The molecule has 1 fully saturated rings. The molecule has 0 spiro atoms. The summed E-state index contributed by atoms with van der Waals surface area (Å²) in [5.41, 5.74) is 0. The van der Waals surface area contributed by atoms with E-state index in [1.54, 1.807) is 11.3 Å². The van der Waals surface area contributed by atoms with Crippen LogP contribution in [-0.2, 0) is 6.54 Å². The summed E-state index contributed by atoms with van der Waals surface area (Å²) >= 11 is 7.48. The van der Waals surface area contributed by atoms with Crippen molar-refractivity contribution < 1.29 is 5.11 Å². The van der Waals surface area contributed by atoms with E-state index in [1.165, 1.54) is 17.7 Å². The van der Waals surface area contributed by atoms with Crippen LogP contribution in [0.25, 0.3) is 0 Å². The van der Waals surface area contributed by atoms with Crippen LogP contribution in [0.4, 0.5) is 0 Å². The van der Waals surface area contributed by atoms with Crippen molar-refractivity contribution in [2.24, 2.45) is 0 Å². The maximum atomic E-state index is 9.95. The van der Waals surface area contributed by atoms with Crippen molar-refractivity contribution in [3.63, 3.8) is 0 Å². The second-order valence-electron chi connectivity index (χ2n) is 4.40. The molecule has 2 nitrogen and oxygen atoms in total. The minimum Gasteiger partial charge on any atom is -0.392 e. The summed E-state index contributed by atoms with van der Waals surface area (Å²) in [7, 11) is 0. The van der Waals surface area contributed by atoms with Gasteiger partial charge in [-0.25, -0.2) is 0 Å². The van der Waals surface area contributed by atoms with Crippen molar-refractivity contribution in [2.45, 2.75) is 50.8 Å². The van der Waals surface area contributed by atoms with Gasteiger partial charge in [0.1, 0.15) is 0 Å². The lowest BCUT2D eigenvalue weighted by molar-refractivity contribution is 0.119. The molecule has 0 bridgehead atoms. The van der Waals surface area contributed by atoms with Crippen LogP contribution in [0.3, 0.4) is 0 Å². The van der Waals surface area contributed by atoms with Crippen LogP contribution in [-0.4, -0.2) is 17.3 Å². The van der Waals surface area contributed by atoms with Gasteiger partial charge in [0.05, 0.1) is 10.4 Å². The molecule has 4 heteroatoms. The van der Waals surface area contributed by atoms with Crippen molar-refractivity contribution in [2.75, 3.05) is 0 Å². The SMILES string of the molecule is OC1CCCCCC1NCc1ccc(Cl)s1. The van der Waals surface area contributed by atoms with E-state index in [9.17, 15) is 5.11 Å². The van der Waals surface area contributed by atoms with Crippen molar-refractivity contribution in [1.29, 1.82) is 0 Å². The largest absolute Gasteiger partial charge is 0.392 e. The Hall–Kier alpha value is -0.0900. The van der Waals surface area contributed by atoms with Crippen LogP contribution in [0.15, 0.2) is 12.1 Å². The summed E-state index contributed by atoms with van der Waals surface area (Å²) in [5.74, 6) is 0. The van der Waals surface area contributed by atoms with E-state index in [1.807, 2.05) is 12.1 Å². The molecule has 0 radical (unpaired) electrons. The molecule has 0 aromatic carbocycles. The zero-order valence-electron chi connectivity index (χ0n) is 9.29. The first kappa shape index (κ1) is 12.4. The fourth-order valence-electron chi connectivity index (χ4n) is 2.20. The second kappa shape index (κ2) is 6.01. The maximum absolute atomic E-state index is 9.95. The number of halogens is 1. The summed E-state index contributed by atoms with van der Waals surface area (Å²) in [6, 6.07) is 4.22. The first-order valence-corrected chi connectivity index (χ1v) is 7.11. The van der Waals surface area contributed by atoms with Crippen molar-refractivity contribution in [3.8, 4) is 0 Å². The summed E-state index contributed by atoms with van der Waals surface area (Å²) in [6.45, 7) is 0.819. The first-order chi connectivity index (χ1) is 7.75. The van der Waals surface area contributed by atoms with Crippen LogP contribution < -0.4 is 5.32 Å². The number of hydrogen-bond acceptors (Lipinski definition) is 3. The van der Waals surface area contributed by atoms with E-state index in [2.05, 4.69) is 5.32 Å². The monoisotopic (exact) mass is 259 g/mol. The van der Waals surface area contributed by atoms with Gasteiger partial charge in [0.25, 0.3) is 0 Å². The highest BCUT2D eigenvalue weighted by Gasteiger charge is 2.20. The third-order valence-electron chi connectivity index (χ3n) is 3.15. The van der Waals surface area contributed by atoms with Gasteiger partial charge in [-0.05, 0) is 25.0 Å². The molecule has 2 rings (SSSR count). The number of hydrogen-bond donors (Lipinski definition) is 2. The minimum atomic E-state index is -0.182. The molecule has 0 amide bonds. The summed E-state index contributed by atoms with van der Waals surface area (Å²) < 4.78 is 0.832. The van der Waals surface area contributed by atoms with Gasteiger partial charge in [0.2, 0.25) is 0 Å². The molecule has 2 atom stereocenters. The highest BCUT2D eigenvalue weighted by Crippen LogP contribution is 2.22. The normalized spacial score (nSPS) is 26.6. The lowest BCUT2D eigenvalue weighted by atomic mass is 10.1. The Kier molecular flexibility index (Phi) is 4.65. The Morgan fingerprint density at radius 2 is 2.12 bits per heavy atom. The molecule has 2 unspecified atom stereocenters. The molecule has 90 valence electrons. The van der Waals surface area contributed by atoms with E-state index in [-0.39, 0.29) is 12.1 Å². The quantitative estimate of drug-likeness (QED) is 0.818. The summed E-state index contributed by atoms with van der Waals surface area (Å²) in [4.78, 5) is 1.24. The zero-order chi connectivity index (χ0) is 11.4. The zero-order valence-corrected chi connectivity index (χ0v) is 10.9. The van der Waals surface area contributed by atoms with Gasteiger partial charge in [-0.3, -0.25) is 0 Å². The number of aliphatic hydroxyl groups is 1. The molecule has 1 aromatic heterocycles. The predicted octanol–water partition coefficient (Wildman–Crippen LogP) is 3.18. The molecule has 1 aromatic rings. The number of rotatable bonds is 3. The molecule has 0 aliphatic heterocycles. The maximum Gasteiger partial charge on any atom is 0.0931 e. The highest BCUT2D eigenvalue weighted by atomic mass is 35.5. The molecular weight excluding hydrogens is 242 g/mol. The van der Waals surface area contributed by atoms with Gasteiger partial charge in [-0.2, -0.15) is 0 Å². The molecule has 1 saturated carbocycles. The first-order valence-electron chi connectivity index (χ1n) is 5.91. The van der Waals surface area contributed by atoms with E-state index in [0.717, 1.165) is 30.1 Å². The summed E-state index contributed by atoms with van der Waals surface area (Å²) in [5, 5.41) is 13.4. The van der Waals surface area contributed by atoms with Gasteiger partial charge >= 0.3 is 0 Å². The predicted molar refractivity (Wildman–Crippen MR) is 69.0 cm³/mol. The number of thiophene rings is 1.